The van der Waals surface area contributed by atoms with Crippen LogP contribution in [-0.4, -0.2) is 11.1 Å². The van der Waals surface area contributed by atoms with E-state index in [1.807, 2.05) is 6.92 Å². The van der Waals surface area contributed by atoms with Crippen molar-refractivity contribution in [2.24, 2.45) is 0 Å². The van der Waals surface area contributed by atoms with Crippen LogP contribution in [0.3, 0.4) is 0 Å². The van der Waals surface area contributed by atoms with Crippen LogP contribution in [0.25, 0.3) is 0 Å². The molecule has 0 saturated heterocycles. The largest absolute Gasteiger partial charge is 0.481 e. The molecule has 0 aliphatic rings. The maximum Gasteiger partial charge on any atom is 0.303 e. The van der Waals surface area contributed by atoms with Gasteiger partial charge in [-0.1, -0.05) is 57.4 Å². The molecule has 0 aliphatic carbocycles. The maximum absolute atomic E-state index is 10.7. The van der Waals surface area contributed by atoms with Gasteiger partial charge in [0.1, 0.15) is 0 Å². The summed E-state index contributed by atoms with van der Waals surface area (Å²) in [5, 5.41) is 8.77. The van der Waals surface area contributed by atoms with Crippen LogP contribution in [0.2, 0.25) is 0 Å². The van der Waals surface area contributed by atoms with Gasteiger partial charge >= 0.3 is 5.97 Å². The molecule has 0 bridgehead atoms. The molecule has 2 heteroatoms. The lowest BCUT2D eigenvalue weighted by atomic mass is 9.96. The molecule has 1 atom stereocenters. The summed E-state index contributed by atoms with van der Waals surface area (Å²) in [6, 6.07) is 8.42. The predicted octanol–water partition coefficient (Wildman–Crippen LogP) is 4.39. The maximum atomic E-state index is 10.7. The molecule has 0 aromatic heterocycles. The molecule has 0 fully saturated rings. The average Bonchev–Trinajstić information content (AvgIpc) is 2.34. The number of aryl methyl sites for hydroxylation is 1. The fourth-order valence-electron chi connectivity index (χ4n) is 2.15. The number of carboxylic acid groups (broad SMARTS) is 1. The first kappa shape index (κ1) is 14.7. The zero-order valence-corrected chi connectivity index (χ0v) is 11.5. The van der Waals surface area contributed by atoms with E-state index < -0.39 is 5.97 Å². The van der Waals surface area contributed by atoms with Crippen molar-refractivity contribution in [2.75, 3.05) is 0 Å². The zero-order chi connectivity index (χ0) is 13.4. The zero-order valence-electron chi connectivity index (χ0n) is 11.5. The topological polar surface area (TPSA) is 37.3 Å². The van der Waals surface area contributed by atoms with E-state index in [4.69, 9.17) is 5.11 Å². The van der Waals surface area contributed by atoms with Gasteiger partial charge in [-0.15, -0.1) is 0 Å². The van der Waals surface area contributed by atoms with Gasteiger partial charge < -0.3 is 5.11 Å². The number of benzene rings is 1. The van der Waals surface area contributed by atoms with Crippen molar-refractivity contribution in [3.63, 3.8) is 0 Å². The Kier molecular flexibility index (Phi) is 6.48. The van der Waals surface area contributed by atoms with Crippen LogP contribution in [0.4, 0.5) is 0 Å². The second-order valence-corrected chi connectivity index (χ2v) is 5.05. The van der Waals surface area contributed by atoms with Crippen molar-refractivity contribution in [3.05, 3.63) is 35.4 Å². The summed E-state index contributed by atoms with van der Waals surface area (Å²) in [6.45, 7) is 4.18. The molecular weight excluding hydrogens is 224 g/mol. The molecule has 1 aromatic carbocycles. The Morgan fingerprint density at radius 2 is 1.83 bits per heavy atom. The molecule has 0 aliphatic heterocycles. The number of carbonyl (C=O) groups is 1. The molecule has 0 amide bonds. The first-order chi connectivity index (χ1) is 8.63. The molecule has 0 heterocycles. The van der Waals surface area contributed by atoms with Crippen LogP contribution in [0.5, 0.6) is 0 Å². The van der Waals surface area contributed by atoms with E-state index in [-0.39, 0.29) is 12.3 Å². The Balaban J connectivity index is 2.44. The van der Waals surface area contributed by atoms with E-state index in [0.717, 1.165) is 12.0 Å². The van der Waals surface area contributed by atoms with E-state index in [1.54, 1.807) is 0 Å². The van der Waals surface area contributed by atoms with E-state index in [0.29, 0.717) is 0 Å². The van der Waals surface area contributed by atoms with Crippen molar-refractivity contribution in [1.82, 2.24) is 0 Å². The first-order valence-electron chi connectivity index (χ1n) is 6.94. The molecule has 0 saturated carbocycles. The third kappa shape index (κ3) is 5.35. The monoisotopic (exact) mass is 248 g/mol. The Bertz CT molecular complexity index is 354. The van der Waals surface area contributed by atoms with Gasteiger partial charge in [0.25, 0.3) is 0 Å². The number of unbranched alkanes of at least 4 members (excludes halogenated alkanes) is 3. The van der Waals surface area contributed by atoms with E-state index in [1.165, 1.54) is 31.2 Å². The first-order valence-corrected chi connectivity index (χ1v) is 6.94. The van der Waals surface area contributed by atoms with Crippen LogP contribution in [-0.2, 0) is 11.2 Å². The quantitative estimate of drug-likeness (QED) is 0.693. The Labute approximate surface area is 110 Å². The highest BCUT2D eigenvalue weighted by Gasteiger charge is 2.09. The van der Waals surface area contributed by atoms with Gasteiger partial charge in [0.05, 0.1) is 6.42 Å². The minimum Gasteiger partial charge on any atom is -0.481 e. The lowest BCUT2D eigenvalue weighted by Gasteiger charge is -2.10. The Hall–Kier alpha value is -1.31. The summed E-state index contributed by atoms with van der Waals surface area (Å²) in [4.78, 5) is 10.7. The second-order valence-electron chi connectivity index (χ2n) is 5.05. The SMILES string of the molecule is CCCCCCc1ccc(C(C)CC(=O)O)cc1. The minimum absolute atomic E-state index is 0.0941. The summed E-state index contributed by atoms with van der Waals surface area (Å²) in [7, 11) is 0. The fraction of sp³-hybridized carbons (Fsp3) is 0.562. The van der Waals surface area contributed by atoms with Crippen LogP contribution >= 0.6 is 0 Å². The lowest BCUT2D eigenvalue weighted by molar-refractivity contribution is -0.137. The molecular formula is C16H24O2. The molecule has 0 spiro atoms. The Morgan fingerprint density at radius 1 is 1.17 bits per heavy atom. The van der Waals surface area contributed by atoms with Gasteiger partial charge in [-0.05, 0) is 29.9 Å². The molecule has 1 rings (SSSR count). The summed E-state index contributed by atoms with van der Waals surface area (Å²) in [6.07, 6.45) is 6.47. The highest BCUT2D eigenvalue weighted by molar-refractivity contribution is 5.67. The third-order valence-electron chi connectivity index (χ3n) is 3.35. The molecule has 2 nitrogen and oxygen atoms in total. The van der Waals surface area contributed by atoms with Crippen LogP contribution in [0.1, 0.15) is 63.0 Å². The Morgan fingerprint density at radius 3 is 2.39 bits per heavy atom. The number of rotatable bonds is 8. The summed E-state index contributed by atoms with van der Waals surface area (Å²) < 4.78 is 0. The van der Waals surface area contributed by atoms with Crippen molar-refractivity contribution < 1.29 is 9.90 Å². The van der Waals surface area contributed by atoms with Gasteiger partial charge in [-0.25, -0.2) is 0 Å². The molecule has 1 N–H and O–H groups in total. The predicted molar refractivity (Wildman–Crippen MR) is 75.0 cm³/mol. The standard InChI is InChI=1S/C16H24O2/c1-3-4-5-6-7-14-8-10-15(11-9-14)13(2)12-16(17)18/h8-11,13H,3-7,12H2,1-2H3,(H,17,18). The highest BCUT2D eigenvalue weighted by Crippen LogP contribution is 2.20. The van der Waals surface area contributed by atoms with E-state index in [9.17, 15) is 4.79 Å². The normalized spacial score (nSPS) is 12.3. The van der Waals surface area contributed by atoms with E-state index >= 15 is 0 Å². The summed E-state index contributed by atoms with van der Waals surface area (Å²) in [5.41, 5.74) is 2.48. The highest BCUT2D eigenvalue weighted by atomic mass is 16.4. The second kappa shape index (κ2) is 7.91. The van der Waals surface area contributed by atoms with Gasteiger partial charge in [0, 0.05) is 0 Å². The molecule has 18 heavy (non-hydrogen) atoms. The molecule has 100 valence electrons. The van der Waals surface area contributed by atoms with Crippen LogP contribution in [0.15, 0.2) is 24.3 Å². The van der Waals surface area contributed by atoms with Crippen LogP contribution < -0.4 is 0 Å². The van der Waals surface area contributed by atoms with Crippen molar-refractivity contribution >= 4 is 5.97 Å². The van der Waals surface area contributed by atoms with E-state index in [2.05, 4.69) is 31.2 Å². The van der Waals surface area contributed by atoms with Crippen molar-refractivity contribution in [3.8, 4) is 0 Å². The average molecular weight is 248 g/mol. The van der Waals surface area contributed by atoms with Crippen molar-refractivity contribution in [2.45, 2.75) is 58.3 Å². The van der Waals surface area contributed by atoms with Gasteiger partial charge in [0.2, 0.25) is 0 Å². The van der Waals surface area contributed by atoms with Crippen LogP contribution in [0, 0.1) is 0 Å². The van der Waals surface area contributed by atoms with Gasteiger partial charge in [-0.2, -0.15) is 0 Å². The number of carboxylic acids is 1. The minimum atomic E-state index is -0.730. The third-order valence-corrected chi connectivity index (χ3v) is 3.35. The lowest BCUT2D eigenvalue weighted by Crippen LogP contribution is -2.02. The smallest absolute Gasteiger partial charge is 0.303 e. The molecule has 0 radical (unpaired) electrons. The van der Waals surface area contributed by atoms with Gasteiger partial charge in [0.15, 0.2) is 0 Å². The number of hydrogen-bond donors (Lipinski definition) is 1. The number of hydrogen-bond acceptors (Lipinski definition) is 1. The van der Waals surface area contributed by atoms with Gasteiger partial charge in [-0.3, -0.25) is 4.79 Å². The molecule has 1 unspecified atom stereocenters. The summed E-state index contributed by atoms with van der Waals surface area (Å²) >= 11 is 0. The molecule has 1 aromatic rings. The number of aliphatic carboxylic acids is 1. The fourth-order valence-corrected chi connectivity index (χ4v) is 2.15. The summed E-state index contributed by atoms with van der Waals surface area (Å²) in [5.74, 6) is -0.636. The van der Waals surface area contributed by atoms with Crippen molar-refractivity contribution in [1.29, 1.82) is 0 Å².